The molecule has 7 heteroatoms. The van der Waals surface area contributed by atoms with Crippen LogP contribution in [0.25, 0.3) is 0 Å². The Morgan fingerprint density at radius 3 is 2.35 bits per heavy atom. The van der Waals surface area contributed by atoms with Crippen LogP contribution < -0.4 is 9.47 Å². The number of likely N-dealkylation sites (tertiary alicyclic amines) is 1. The molecule has 0 bridgehead atoms. The lowest BCUT2D eigenvalue weighted by Gasteiger charge is -2.43. The third-order valence-electron chi connectivity index (χ3n) is 7.76. The van der Waals surface area contributed by atoms with Gasteiger partial charge in [-0.3, -0.25) is 14.6 Å². The van der Waals surface area contributed by atoms with Gasteiger partial charge in [0.2, 0.25) is 5.91 Å². The van der Waals surface area contributed by atoms with Crippen molar-refractivity contribution in [3.05, 3.63) is 89.2 Å². The highest BCUT2D eigenvalue weighted by atomic mass is 16.5. The molecule has 3 aromatic rings. The molecule has 5 rings (SSSR count). The van der Waals surface area contributed by atoms with Crippen LogP contribution in [0.5, 0.6) is 11.5 Å². The van der Waals surface area contributed by atoms with Crippen molar-refractivity contribution in [3.63, 3.8) is 0 Å². The summed E-state index contributed by atoms with van der Waals surface area (Å²) in [6.45, 7) is 1.40. The third kappa shape index (κ3) is 4.78. The van der Waals surface area contributed by atoms with E-state index in [2.05, 4.69) is 29.2 Å². The molecule has 0 aliphatic carbocycles. The molecule has 3 heterocycles. The second-order valence-corrected chi connectivity index (χ2v) is 9.88. The number of piperidine rings is 1. The van der Waals surface area contributed by atoms with Gasteiger partial charge < -0.3 is 19.3 Å². The molecule has 37 heavy (non-hydrogen) atoms. The fourth-order valence-electron chi connectivity index (χ4n) is 5.78. The topological polar surface area (TPSA) is 72.0 Å². The van der Waals surface area contributed by atoms with Crippen LogP contribution in [-0.2, 0) is 11.2 Å². The van der Waals surface area contributed by atoms with Gasteiger partial charge >= 0.3 is 0 Å². The van der Waals surface area contributed by atoms with Gasteiger partial charge in [0.05, 0.1) is 26.2 Å². The number of ether oxygens (including phenoxy) is 2. The Bertz CT molecular complexity index is 1260. The first-order valence-corrected chi connectivity index (χ1v) is 12.8. The van der Waals surface area contributed by atoms with Crippen LogP contribution in [0.1, 0.15) is 51.8 Å². The zero-order chi connectivity index (χ0) is 25.9. The molecule has 1 saturated heterocycles. The van der Waals surface area contributed by atoms with E-state index in [-0.39, 0.29) is 11.8 Å². The van der Waals surface area contributed by atoms with E-state index in [1.54, 1.807) is 50.7 Å². The Labute approximate surface area is 218 Å². The van der Waals surface area contributed by atoms with Gasteiger partial charge in [0.1, 0.15) is 0 Å². The molecule has 2 amide bonds. The average Bonchev–Trinajstić information content (AvgIpc) is 2.95. The fraction of sp³-hybridized carbons (Fsp3) is 0.367. The monoisotopic (exact) mass is 499 g/mol. The Morgan fingerprint density at radius 2 is 1.70 bits per heavy atom. The molecule has 7 nitrogen and oxygen atoms in total. The van der Waals surface area contributed by atoms with Crippen molar-refractivity contribution >= 4 is 11.8 Å². The van der Waals surface area contributed by atoms with Crippen LogP contribution in [0, 0.1) is 5.92 Å². The Hall–Kier alpha value is -3.87. The number of likely N-dealkylation sites (N-methyl/N-ethyl adjacent to an activating group) is 1. The number of carbonyl (C=O) groups excluding carboxylic acids is 2. The van der Waals surface area contributed by atoms with Crippen molar-refractivity contribution < 1.29 is 19.1 Å². The minimum absolute atomic E-state index is 0.0276. The Kier molecular flexibility index (Phi) is 7.12. The van der Waals surface area contributed by atoms with Gasteiger partial charge in [-0.15, -0.1) is 0 Å². The SMILES string of the molecule is COc1cc2c(cc1OC)C(C(=O)N1CCC(Cc3ccccc3)CC1)C(c1cccnc1)N(C)C2=O. The normalized spacial score (nSPS) is 19.9. The minimum atomic E-state index is -0.577. The van der Waals surface area contributed by atoms with E-state index in [9.17, 15) is 9.59 Å². The molecule has 0 N–H and O–H groups in total. The smallest absolute Gasteiger partial charge is 0.254 e. The number of amides is 2. The van der Waals surface area contributed by atoms with Gasteiger partial charge in [-0.25, -0.2) is 0 Å². The second kappa shape index (κ2) is 10.6. The molecule has 2 atom stereocenters. The molecule has 1 aromatic heterocycles. The summed E-state index contributed by atoms with van der Waals surface area (Å²) in [5, 5.41) is 0. The number of nitrogens with zero attached hydrogens (tertiary/aromatic N) is 3. The zero-order valence-electron chi connectivity index (χ0n) is 21.6. The largest absolute Gasteiger partial charge is 0.493 e. The van der Waals surface area contributed by atoms with E-state index in [0.29, 0.717) is 41.6 Å². The standard InChI is InChI=1S/C30H33N3O4/c1-32-28(22-10-7-13-31-19-22)27(23-17-25(36-2)26(37-3)18-24(23)29(32)34)30(35)33-14-11-21(12-15-33)16-20-8-5-4-6-9-20/h4-10,13,17-19,21,27-28H,11-12,14-16H2,1-3H3. The number of pyridine rings is 1. The summed E-state index contributed by atoms with van der Waals surface area (Å²) in [6.07, 6.45) is 6.38. The molecule has 192 valence electrons. The van der Waals surface area contributed by atoms with Crippen molar-refractivity contribution in [2.45, 2.75) is 31.2 Å². The summed E-state index contributed by atoms with van der Waals surface area (Å²) in [4.78, 5) is 35.7. The molecule has 1 fully saturated rings. The number of fused-ring (bicyclic) bond motifs is 1. The summed E-state index contributed by atoms with van der Waals surface area (Å²) < 4.78 is 11.0. The van der Waals surface area contributed by atoms with Crippen molar-refractivity contribution in [1.82, 2.24) is 14.8 Å². The number of methoxy groups -OCH3 is 2. The van der Waals surface area contributed by atoms with Gasteiger partial charge in [-0.05, 0) is 60.1 Å². The zero-order valence-corrected chi connectivity index (χ0v) is 21.6. The van der Waals surface area contributed by atoms with E-state index in [0.717, 1.165) is 24.8 Å². The van der Waals surface area contributed by atoms with Gasteiger partial charge in [0.15, 0.2) is 11.5 Å². The van der Waals surface area contributed by atoms with E-state index in [1.165, 1.54) is 5.56 Å². The van der Waals surface area contributed by atoms with E-state index >= 15 is 0 Å². The first-order chi connectivity index (χ1) is 18.0. The quantitative estimate of drug-likeness (QED) is 0.500. The van der Waals surface area contributed by atoms with Gasteiger partial charge in [0, 0.05) is 38.1 Å². The van der Waals surface area contributed by atoms with Gasteiger partial charge in [-0.1, -0.05) is 36.4 Å². The highest BCUT2D eigenvalue weighted by molar-refractivity contribution is 6.02. The maximum Gasteiger partial charge on any atom is 0.254 e. The van der Waals surface area contributed by atoms with Crippen LogP contribution in [0.2, 0.25) is 0 Å². The van der Waals surface area contributed by atoms with Crippen LogP contribution >= 0.6 is 0 Å². The summed E-state index contributed by atoms with van der Waals surface area (Å²) >= 11 is 0. The van der Waals surface area contributed by atoms with E-state index in [1.807, 2.05) is 23.1 Å². The van der Waals surface area contributed by atoms with Crippen LogP contribution in [0.15, 0.2) is 67.0 Å². The maximum absolute atomic E-state index is 14.3. The Morgan fingerprint density at radius 1 is 1.00 bits per heavy atom. The van der Waals surface area contributed by atoms with Gasteiger partial charge in [-0.2, -0.15) is 0 Å². The van der Waals surface area contributed by atoms with Gasteiger partial charge in [0.25, 0.3) is 5.91 Å². The molecule has 2 aromatic carbocycles. The first-order valence-electron chi connectivity index (χ1n) is 12.8. The summed E-state index contributed by atoms with van der Waals surface area (Å²) in [6, 6.07) is 17.3. The third-order valence-corrected chi connectivity index (χ3v) is 7.76. The van der Waals surface area contributed by atoms with E-state index in [4.69, 9.17) is 9.47 Å². The number of aromatic nitrogens is 1. The van der Waals surface area contributed by atoms with E-state index < -0.39 is 12.0 Å². The van der Waals surface area contributed by atoms with Crippen molar-refractivity contribution in [2.75, 3.05) is 34.4 Å². The summed E-state index contributed by atoms with van der Waals surface area (Å²) in [5.74, 6) is 0.814. The lowest BCUT2D eigenvalue weighted by Crippen LogP contribution is -2.48. The number of carbonyl (C=O) groups is 2. The second-order valence-electron chi connectivity index (χ2n) is 9.88. The number of hydrogen-bond donors (Lipinski definition) is 0. The Balaban J connectivity index is 1.48. The first kappa shape index (κ1) is 24.8. The van der Waals surface area contributed by atoms with Crippen LogP contribution in [-0.4, -0.2) is 61.0 Å². The lowest BCUT2D eigenvalue weighted by atomic mass is 9.78. The predicted octanol–water partition coefficient (Wildman–Crippen LogP) is 4.49. The molecule has 2 aliphatic rings. The molecule has 0 saturated carbocycles. The number of benzene rings is 2. The molecule has 0 radical (unpaired) electrons. The average molecular weight is 500 g/mol. The summed E-state index contributed by atoms with van der Waals surface area (Å²) in [7, 11) is 4.86. The lowest BCUT2D eigenvalue weighted by molar-refractivity contribution is -0.136. The number of rotatable bonds is 6. The molecule has 2 aliphatic heterocycles. The van der Waals surface area contributed by atoms with Crippen LogP contribution in [0.3, 0.4) is 0 Å². The molecular formula is C30H33N3O4. The summed E-state index contributed by atoms with van der Waals surface area (Å²) in [5.41, 5.74) is 3.31. The maximum atomic E-state index is 14.3. The van der Waals surface area contributed by atoms with Crippen molar-refractivity contribution in [2.24, 2.45) is 5.92 Å². The fourth-order valence-corrected chi connectivity index (χ4v) is 5.78. The highest BCUT2D eigenvalue weighted by Crippen LogP contribution is 2.46. The van der Waals surface area contributed by atoms with Crippen LogP contribution in [0.4, 0.5) is 0 Å². The minimum Gasteiger partial charge on any atom is -0.493 e. The highest BCUT2D eigenvalue weighted by Gasteiger charge is 2.45. The predicted molar refractivity (Wildman–Crippen MR) is 141 cm³/mol. The number of hydrogen-bond acceptors (Lipinski definition) is 5. The molecule has 2 unspecified atom stereocenters. The van der Waals surface area contributed by atoms with Crippen molar-refractivity contribution in [3.8, 4) is 11.5 Å². The molecular weight excluding hydrogens is 466 g/mol. The molecule has 0 spiro atoms. The van der Waals surface area contributed by atoms with Crippen molar-refractivity contribution in [1.29, 1.82) is 0 Å².